The summed E-state index contributed by atoms with van der Waals surface area (Å²) < 4.78 is 32.4. The van der Waals surface area contributed by atoms with Crippen LogP contribution in [0.15, 0.2) is 41.3 Å². The van der Waals surface area contributed by atoms with Crippen LogP contribution in [0.1, 0.15) is 34.5 Å². The van der Waals surface area contributed by atoms with E-state index in [1.54, 1.807) is 31.2 Å². The number of nitrogens with zero attached hydrogens (tertiary/aromatic N) is 1. The van der Waals surface area contributed by atoms with Crippen molar-refractivity contribution >= 4 is 39.1 Å². The van der Waals surface area contributed by atoms with Crippen molar-refractivity contribution in [1.82, 2.24) is 9.62 Å². The summed E-state index contributed by atoms with van der Waals surface area (Å²) in [6, 6.07) is 9.41. The van der Waals surface area contributed by atoms with Crippen molar-refractivity contribution in [3.05, 3.63) is 63.1 Å². The maximum absolute atomic E-state index is 12.9. The molecular formula is C20H22Cl2N2O4S. The first-order chi connectivity index (χ1) is 13.7. The maximum atomic E-state index is 12.9. The topological polar surface area (TPSA) is 75.7 Å². The van der Waals surface area contributed by atoms with Gasteiger partial charge in [0.15, 0.2) is 0 Å². The summed E-state index contributed by atoms with van der Waals surface area (Å²) in [5.41, 5.74) is 1.79. The molecule has 9 heteroatoms. The normalized spacial score (nSPS) is 16.4. The number of amides is 1. The lowest BCUT2D eigenvalue weighted by Crippen LogP contribution is -2.40. The SMILES string of the molecule is Cc1ccc(S(=O)(=O)N2CCOCC2)cc1C(=O)NC(C)c1ccc(Cl)c(Cl)c1. The van der Waals surface area contributed by atoms with Gasteiger partial charge < -0.3 is 10.1 Å². The Hall–Kier alpha value is -1.64. The Morgan fingerprint density at radius 3 is 2.45 bits per heavy atom. The standard InChI is InChI=1S/C20H22Cl2N2O4S/c1-13-3-5-16(29(26,27)24-7-9-28-10-8-24)12-17(13)20(25)23-14(2)15-4-6-18(21)19(22)11-15/h3-6,11-12,14H,7-10H2,1-2H3,(H,23,25). The van der Waals surface area contributed by atoms with Crippen molar-refractivity contribution in [1.29, 1.82) is 0 Å². The molecule has 3 rings (SSSR count). The van der Waals surface area contributed by atoms with Gasteiger partial charge in [-0.2, -0.15) is 4.31 Å². The quantitative estimate of drug-likeness (QED) is 0.741. The summed E-state index contributed by atoms with van der Waals surface area (Å²) in [6.07, 6.45) is 0. The summed E-state index contributed by atoms with van der Waals surface area (Å²) in [4.78, 5) is 13.0. The zero-order chi connectivity index (χ0) is 21.2. The summed E-state index contributed by atoms with van der Waals surface area (Å²) in [6.45, 7) is 4.91. The number of sulfonamides is 1. The lowest BCUT2D eigenvalue weighted by Gasteiger charge is -2.26. The van der Waals surface area contributed by atoms with E-state index in [9.17, 15) is 13.2 Å². The third kappa shape index (κ3) is 4.92. The Balaban J connectivity index is 1.83. The highest BCUT2D eigenvalue weighted by Gasteiger charge is 2.27. The smallest absolute Gasteiger partial charge is 0.252 e. The van der Waals surface area contributed by atoms with Crippen LogP contribution in [0.5, 0.6) is 0 Å². The fourth-order valence-electron chi connectivity index (χ4n) is 3.08. The van der Waals surface area contributed by atoms with Crippen LogP contribution in [-0.4, -0.2) is 44.9 Å². The summed E-state index contributed by atoms with van der Waals surface area (Å²) in [7, 11) is -3.68. The summed E-state index contributed by atoms with van der Waals surface area (Å²) in [5, 5.41) is 3.73. The van der Waals surface area contributed by atoms with E-state index in [1.165, 1.54) is 16.4 Å². The number of ether oxygens (including phenoxy) is 1. The second-order valence-corrected chi connectivity index (χ2v) is 9.61. The number of aryl methyl sites for hydroxylation is 1. The summed E-state index contributed by atoms with van der Waals surface area (Å²) >= 11 is 12.0. The minimum Gasteiger partial charge on any atom is -0.379 e. The molecule has 1 heterocycles. The molecule has 1 N–H and O–H groups in total. The predicted octanol–water partition coefficient (Wildman–Crippen LogP) is 3.81. The maximum Gasteiger partial charge on any atom is 0.252 e. The van der Waals surface area contributed by atoms with E-state index in [-0.39, 0.29) is 16.8 Å². The third-order valence-electron chi connectivity index (χ3n) is 4.85. The lowest BCUT2D eigenvalue weighted by atomic mass is 10.1. The van der Waals surface area contributed by atoms with E-state index in [2.05, 4.69) is 5.32 Å². The van der Waals surface area contributed by atoms with Crippen LogP contribution in [0.3, 0.4) is 0 Å². The summed E-state index contributed by atoms with van der Waals surface area (Å²) in [5.74, 6) is -0.361. The first-order valence-corrected chi connectivity index (χ1v) is 11.3. The zero-order valence-electron chi connectivity index (χ0n) is 16.1. The van der Waals surface area contributed by atoms with E-state index in [0.29, 0.717) is 47.5 Å². The van der Waals surface area contributed by atoms with E-state index in [1.807, 2.05) is 6.92 Å². The van der Waals surface area contributed by atoms with Crippen molar-refractivity contribution in [2.45, 2.75) is 24.8 Å². The van der Waals surface area contributed by atoms with Crippen molar-refractivity contribution < 1.29 is 17.9 Å². The Bertz CT molecular complexity index is 1020. The van der Waals surface area contributed by atoms with E-state index in [4.69, 9.17) is 27.9 Å². The highest BCUT2D eigenvalue weighted by atomic mass is 35.5. The second-order valence-electron chi connectivity index (χ2n) is 6.86. The van der Waals surface area contributed by atoms with Crippen molar-refractivity contribution in [3.63, 3.8) is 0 Å². The predicted molar refractivity (Wildman–Crippen MR) is 113 cm³/mol. The molecule has 1 amide bonds. The van der Waals surface area contributed by atoms with Gasteiger partial charge in [-0.15, -0.1) is 0 Å². The Morgan fingerprint density at radius 1 is 1.10 bits per heavy atom. The van der Waals surface area contributed by atoms with Crippen LogP contribution >= 0.6 is 23.2 Å². The molecule has 0 radical (unpaired) electrons. The Morgan fingerprint density at radius 2 is 1.79 bits per heavy atom. The molecule has 0 bridgehead atoms. The van der Waals surface area contributed by atoms with Crippen LogP contribution in [-0.2, 0) is 14.8 Å². The Labute approximate surface area is 180 Å². The van der Waals surface area contributed by atoms with E-state index >= 15 is 0 Å². The highest BCUT2D eigenvalue weighted by Crippen LogP contribution is 2.26. The minimum absolute atomic E-state index is 0.0948. The molecule has 0 aliphatic carbocycles. The zero-order valence-corrected chi connectivity index (χ0v) is 18.4. The number of carbonyl (C=O) groups is 1. The molecule has 1 atom stereocenters. The average molecular weight is 457 g/mol. The van der Waals surface area contributed by atoms with E-state index < -0.39 is 10.0 Å². The molecule has 0 aromatic heterocycles. The molecule has 2 aromatic rings. The van der Waals surface area contributed by atoms with Crippen molar-refractivity contribution in [3.8, 4) is 0 Å². The van der Waals surface area contributed by atoms with E-state index in [0.717, 1.165) is 5.56 Å². The number of rotatable bonds is 5. The van der Waals surface area contributed by atoms with Crippen LogP contribution in [0.4, 0.5) is 0 Å². The van der Waals surface area contributed by atoms with Gasteiger partial charge in [-0.05, 0) is 49.2 Å². The van der Waals surface area contributed by atoms with Crippen LogP contribution in [0.2, 0.25) is 10.0 Å². The molecule has 1 aliphatic heterocycles. The molecule has 1 fully saturated rings. The second kappa shape index (κ2) is 9.02. The van der Waals surface area contributed by atoms with Gasteiger partial charge in [0.2, 0.25) is 10.0 Å². The highest BCUT2D eigenvalue weighted by molar-refractivity contribution is 7.89. The molecular weight excluding hydrogens is 435 g/mol. The van der Waals surface area contributed by atoms with Crippen LogP contribution in [0.25, 0.3) is 0 Å². The molecule has 1 aliphatic rings. The van der Waals surface area contributed by atoms with Gasteiger partial charge >= 0.3 is 0 Å². The Kier molecular flexibility index (Phi) is 6.86. The number of hydrogen-bond acceptors (Lipinski definition) is 4. The molecule has 6 nitrogen and oxygen atoms in total. The molecule has 0 spiro atoms. The fourth-order valence-corrected chi connectivity index (χ4v) is 4.82. The van der Waals surface area contributed by atoms with Crippen molar-refractivity contribution in [2.75, 3.05) is 26.3 Å². The number of benzene rings is 2. The van der Waals surface area contributed by atoms with Crippen LogP contribution in [0, 0.1) is 6.92 Å². The molecule has 29 heavy (non-hydrogen) atoms. The minimum atomic E-state index is -3.68. The molecule has 0 saturated carbocycles. The number of carbonyl (C=O) groups excluding carboxylic acids is 1. The first-order valence-electron chi connectivity index (χ1n) is 9.14. The van der Waals surface area contributed by atoms with Crippen LogP contribution < -0.4 is 5.32 Å². The van der Waals surface area contributed by atoms with Gasteiger partial charge in [0, 0.05) is 18.7 Å². The number of hydrogen-bond donors (Lipinski definition) is 1. The van der Waals surface area contributed by atoms with Crippen molar-refractivity contribution in [2.24, 2.45) is 0 Å². The number of halogens is 2. The monoisotopic (exact) mass is 456 g/mol. The third-order valence-corrected chi connectivity index (χ3v) is 7.49. The van der Waals surface area contributed by atoms with Gasteiger partial charge in [0.25, 0.3) is 5.91 Å². The van der Waals surface area contributed by atoms with Gasteiger partial charge in [0.1, 0.15) is 0 Å². The average Bonchev–Trinajstić information content (AvgIpc) is 2.70. The fraction of sp³-hybridized carbons (Fsp3) is 0.350. The molecule has 156 valence electrons. The first kappa shape index (κ1) is 22.1. The van der Waals surface area contributed by atoms with Gasteiger partial charge in [-0.25, -0.2) is 8.42 Å². The number of nitrogens with one attached hydrogen (secondary N) is 1. The molecule has 1 saturated heterocycles. The lowest BCUT2D eigenvalue weighted by molar-refractivity contribution is 0.0730. The van der Waals surface area contributed by atoms with Gasteiger partial charge in [-0.1, -0.05) is 35.3 Å². The molecule has 2 aromatic carbocycles. The molecule has 1 unspecified atom stereocenters. The van der Waals surface area contributed by atoms with Gasteiger partial charge in [0.05, 0.1) is 34.2 Å². The van der Waals surface area contributed by atoms with Gasteiger partial charge in [-0.3, -0.25) is 4.79 Å². The number of morpholine rings is 1. The largest absolute Gasteiger partial charge is 0.379 e.